The number of aryl methyl sites for hydroxylation is 1. The van der Waals surface area contributed by atoms with Crippen LogP contribution in [0.2, 0.25) is 0 Å². The molecule has 1 amide bonds. The Bertz CT molecular complexity index is 1300. The van der Waals surface area contributed by atoms with Crippen LogP contribution < -0.4 is 5.32 Å². The van der Waals surface area contributed by atoms with Gasteiger partial charge in [0.25, 0.3) is 5.91 Å². The van der Waals surface area contributed by atoms with Crippen LogP contribution in [-0.4, -0.2) is 30.3 Å². The predicted octanol–water partition coefficient (Wildman–Crippen LogP) is 3.79. The molecule has 0 aliphatic carbocycles. The van der Waals surface area contributed by atoms with E-state index in [-0.39, 0.29) is 17.1 Å². The van der Waals surface area contributed by atoms with E-state index in [1.807, 2.05) is 16.7 Å². The lowest BCUT2D eigenvalue weighted by molar-refractivity contribution is 0.0949. The molecule has 0 fully saturated rings. The Morgan fingerprint density at radius 1 is 1.17 bits per heavy atom. The Labute approximate surface area is 176 Å². The van der Waals surface area contributed by atoms with Crippen molar-refractivity contribution in [1.29, 1.82) is 0 Å². The number of rotatable bonds is 6. The number of nitrogens with one attached hydrogen (secondary N) is 1. The molecule has 30 heavy (non-hydrogen) atoms. The van der Waals surface area contributed by atoms with E-state index < -0.39 is 26.8 Å². The molecular weight excluding hydrogens is 425 g/mol. The molecule has 0 aliphatic rings. The smallest absolute Gasteiger partial charge is 0.271 e. The number of imidazole rings is 1. The second kappa shape index (κ2) is 8.00. The maximum Gasteiger partial charge on any atom is 0.271 e. The van der Waals surface area contributed by atoms with Crippen LogP contribution >= 0.6 is 11.3 Å². The minimum absolute atomic E-state index is 0.00914. The van der Waals surface area contributed by atoms with E-state index >= 15 is 0 Å². The monoisotopic (exact) mass is 443 g/mol. The molecule has 0 saturated heterocycles. The first-order chi connectivity index (χ1) is 14.4. The van der Waals surface area contributed by atoms with Gasteiger partial charge in [-0.05, 0) is 36.8 Å². The Kier molecular flexibility index (Phi) is 5.40. The second-order valence-corrected chi connectivity index (χ2v) is 9.73. The first-order valence-corrected chi connectivity index (χ1v) is 11.5. The van der Waals surface area contributed by atoms with Gasteiger partial charge in [0.15, 0.2) is 14.8 Å². The summed E-state index contributed by atoms with van der Waals surface area (Å²) in [6.45, 7) is 1.76. The molecule has 2 heterocycles. The predicted molar refractivity (Wildman–Crippen MR) is 113 cm³/mol. The number of nitrogens with zero attached hydrogens (tertiary/aromatic N) is 2. The lowest BCUT2D eigenvalue weighted by Gasteiger charge is -2.19. The van der Waals surface area contributed by atoms with Crippen LogP contribution in [0.5, 0.6) is 0 Å². The summed E-state index contributed by atoms with van der Waals surface area (Å²) in [6.07, 6.45) is 1.63. The molecule has 4 rings (SSSR count). The van der Waals surface area contributed by atoms with Crippen LogP contribution in [0.1, 0.15) is 27.0 Å². The Morgan fingerprint density at radius 3 is 2.53 bits per heavy atom. The van der Waals surface area contributed by atoms with E-state index in [4.69, 9.17) is 0 Å². The Morgan fingerprint density at radius 2 is 1.87 bits per heavy atom. The quantitative estimate of drug-likeness (QED) is 0.460. The molecule has 154 valence electrons. The zero-order chi connectivity index (χ0) is 21.3. The number of hydrogen-bond acceptors (Lipinski definition) is 5. The van der Waals surface area contributed by atoms with Gasteiger partial charge in [-0.25, -0.2) is 17.8 Å². The van der Waals surface area contributed by atoms with Crippen molar-refractivity contribution < 1.29 is 17.6 Å². The summed E-state index contributed by atoms with van der Waals surface area (Å²) in [5.74, 6) is -0.978. The van der Waals surface area contributed by atoms with E-state index in [0.717, 1.165) is 17.8 Å². The molecule has 1 atom stereocenters. The molecule has 4 aromatic rings. The molecular formula is C21H18FN3O3S2. The van der Waals surface area contributed by atoms with Gasteiger partial charge in [-0.15, -0.1) is 11.3 Å². The van der Waals surface area contributed by atoms with E-state index in [9.17, 15) is 17.6 Å². The fraction of sp³-hybridized carbons (Fsp3) is 0.143. The third kappa shape index (κ3) is 3.86. The van der Waals surface area contributed by atoms with Crippen LogP contribution in [0.25, 0.3) is 4.96 Å². The standard InChI is InChI=1S/C21H18FN3O3S2/c1-14-13-29-21-24-18(12-25(14)21)20(26)23-11-19(15-5-3-2-4-6-15)30(27,28)17-9-7-16(22)8-10-17/h2-10,12-13,19H,11H2,1H3,(H,23,26). The number of thiazole rings is 1. The largest absolute Gasteiger partial charge is 0.349 e. The minimum atomic E-state index is -3.87. The highest BCUT2D eigenvalue weighted by atomic mass is 32.2. The first kappa shape index (κ1) is 20.2. The lowest BCUT2D eigenvalue weighted by Crippen LogP contribution is -2.32. The summed E-state index contributed by atoms with van der Waals surface area (Å²) < 4.78 is 41.6. The van der Waals surface area contributed by atoms with E-state index in [1.165, 1.54) is 23.5 Å². The van der Waals surface area contributed by atoms with Crippen LogP contribution in [0.3, 0.4) is 0 Å². The molecule has 0 saturated carbocycles. The van der Waals surface area contributed by atoms with Crippen molar-refractivity contribution in [2.45, 2.75) is 17.1 Å². The molecule has 2 aromatic carbocycles. The molecule has 2 aromatic heterocycles. The fourth-order valence-corrected chi connectivity index (χ4v) is 5.66. The Hall–Kier alpha value is -3.04. The molecule has 0 radical (unpaired) electrons. The second-order valence-electron chi connectivity index (χ2n) is 6.76. The van der Waals surface area contributed by atoms with Crippen molar-refractivity contribution in [2.24, 2.45) is 0 Å². The van der Waals surface area contributed by atoms with Crippen molar-refractivity contribution in [3.05, 3.63) is 88.9 Å². The van der Waals surface area contributed by atoms with Crippen LogP contribution in [0, 0.1) is 12.7 Å². The highest BCUT2D eigenvalue weighted by Gasteiger charge is 2.30. The van der Waals surface area contributed by atoms with Crippen LogP contribution in [0.4, 0.5) is 4.39 Å². The summed E-state index contributed by atoms with van der Waals surface area (Å²) >= 11 is 1.42. The van der Waals surface area contributed by atoms with Gasteiger partial charge >= 0.3 is 0 Å². The van der Waals surface area contributed by atoms with Crippen LogP contribution in [-0.2, 0) is 9.84 Å². The van der Waals surface area contributed by atoms with Gasteiger partial charge in [-0.1, -0.05) is 30.3 Å². The van der Waals surface area contributed by atoms with Crippen molar-refractivity contribution >= 4 is 32.0 Å². The summed E-state index contributed by atoms with van der Waals surface area (Å²) in [5, 5.41) is 3.60. The van der Waals surface area contributed by atoms with Crippen molar-refractivity contribution in [3.8, 4) is 0 Å². The number of hydrogen-bond donors (Lipinski definition) is 1. The third-order valence-electron chi connectivity index (χ3n) is 4.76. The van der Waals surface area contributed by atoms with Gasteiger partial charge in [-0.2, -0.15) is 0 Å². The molecule has 1 N–H and O–H groups in total. The zero-order valence-electron chi connectivity index (χ0n) is 15.9. The number of halogens is 1. The van der Waals surface area contributed by atoms with Gasteiger partial charge < -0.3 is 5.32 Å². The SMILES string of the molecule is Cc1csc2nc(C(=O)NCC(c3ccccc3)S(=O)(=O)c3ccc(F)cc3)cn12. The number of carbonyl (C=O) groups is 1. The van der Waals surface area contributed by atoms with Gasteiger partial charge in [0.1, 0.15) is 16.8 Å². The number of benzene rings is 2. The average Bonchev–Trinajstić information content (AvgIpc) is 3.31. The van der Waals surface area contributed by atoms with Crippen molar-refractivity contribution in [2.75, 3.05) is 6.54 Å². The zero-order valence-corrected chi connectivity index (χ0v) is 17.6. The number of amides is 1. The Balaban J connectivity index is 1.61. The van der Waals surface area contributed by atoms with Gasteiger partial charge in [0.05, 0.1) is 4.90 Å². The van der Waals surface area contributed by atoms with Crippen LogP contribution in [0.15, 0.2) is 71.1 Å². The number of sulfone groups is 1. The fourth-order valence-electron chi connectivity index (χ4n) is 3.14. The van der Waals surface area contributed by atoms with Gasteiger partial charge in [0.2, 0.25) is 0 Å². The topological polar surface area (TPSA) is 80.5 Å². The average molecular weight is 444 g/mol. The highest BCUT2D eigenvalue weighted by Crippen LogP contribution is 2.28. The third-order valence-corrected chi connectivity index (χ3v) is 7.83. The summed E-state index contributed by atoms with van der Waals surface area (Å²) in [5.41, 5.74) is 1.71. The van der Waals surface area contributed by atoms with E-state index in [2.05, 4.69) is 10.3 Å². The molecule has 0 bridgehead atoms. The molecule has 1 unspecified atom stereocenters. The van der Waals surface area contributed by atoms with E-state index in [1.54, 1.807) is 36.5 Å². The highest BCUT2D eigenvalue weighted by molar-refractivity contribution is 7.91. The van der Waals surface area contributed by atoms with Gasteiger partial charge in [-0.3, -0.25) is 9.20 Å². The lowest BCUT2D eigenvalue weighted by atomic mass is 10.1. The number of carbonyl (C=O) groups excluding carboxylic acids is 1. The first-order valence-electron chi connectivity index (χ1n) is 9.12. The summed E-state index contributed by atoms with van der Waals surface area (Å²) in [4.78, 5) is 17.6. The maximum atomic E-state index is 13.3. The van der Waals surface area contributed by atoms with Crippen molar-refractivity contribution in [1.82, 2.24) is 14.7 Å². The maximum absolute atomic E-state index is 13.3. The molecule has 0 aliphatic heterocycles. The van der Waals surface area contributed by atoms with E-state index in [0.29, 0.717) is 10.5 Å². The number of aromatic nitrogens is 2. The van der Waals surface area contributed by atoms with Gasteiger partial charge in [0, 0.05) is 23.8 Å². The minimum Gasteiger partial charge on any atom is -0.349 e. The molecule has 9 heteroatoms. The molecule has 6 nitrogen and oxygen atoms in total. The molecule has 0 spiro atoms. The summed E-state index contributed by atoms with van der Waals surface area (Å²) in [6, 6.07) is 13.3. The summed E-state index contributed by atoms with van der Waals surface area (Å²) in [7, 11) is -3.87. The number of fused-ring (bicyclic) bond motifs is 1. The normalized spacial score (nSPS) is 12.7. The van der Waals surface area contributed by atoms with Crippen molar-refractivity contribution in [3.63, 3.8) is 0 Å².